The molecule has 94 valence electrons. The average molecular weight is 264 g/mol. The van der Waals surface area contributed by atoms with Crippen molar-refractivity contribution >= 4 is 29.1 Å². The first-order chi connectivity index (χ1) is 8.70. The number of carbonyl (C=O) groups excluding carboxylic acids is 3. The molecule has 3 rings (SSSR count). The topological polar surface area (TPSA) is 66.5 Å². The first kappa shape index (κ1) is 11.4. The first-order valence-electron chi connectivity index (χ1n) is 5.92. The molecule has 1 aromatic rings. The molecule has 5 nitrogen and oxygen atoms in total. The third-order valence-electron chi connectivity index (χ3n) is 3.38. The van der Waals surface area contributed by atoms with Gasteiger partial charge in [-0.1, -0.05) is 0 Å². The van der Waals surface area contributed by atoms with Crippen LogP contribution in [0.2, 0.25) is 0 Å². The third kappa shape index (κ3) is 1.56. The highest BCUT2D eigenvalue weighted by Crippen LogP contribution is 2.29. The SMILES string of the molecule is O=C1NCCCC[C@@H]1N1C(=O)c2cscc2C1=O. The van der Waals surface area contributed by atoms with Gasteiger partial charge < -0.3 is 5.32 Å². The van der Waals surface area contributed by atoms with Crippen molar-refractivity contribution in [1.29, 1.82) is 0 Å². The van der Waals surface area contributed by atoms with Crippen molar-refractivity contribution in [3.8, 4) is 0 Å². The second-order valence-corrected chi connectivity index (χ2v) is 5.23. The van der Waals surface area contributed by atoms with Crippen LogP contribution in [0.5, 0.6) is 0 Å². The van der Waals surface area contributed by atoms with Gasteiger partial charge in [-0.2, -0.15) is 11.3 Å². The highest BCUT2D eigenvalue weighted by molar-refractivity contribution is 7.08. The van der Waals surface area contributed by atoms with Crippen molar-refractivity contribution < 1.29 is 14.4 Å². The van der Waals surface area contributed by atoms with Crippen LogP contribution in [-0.4, -0.2) is 35.2 Å². The predicted molar refractivity (Wildman–Crippen MR) is 65.5 cm³/mol. The molecule has 3 heterocycles. The van der Waals surface area contributed by atoms with Gasteiger partial charge in [0, 0.05) is 17.3 Å². The van der Waals surface area contributed by atoms with E-state index in [4.69, 9.17) is 0 Å². The number of hydrogen-bond acceptors (Lipinski definition) is 4. The molecule has 18 heavy (non-hydrogen) atoms. The summed E-state index contributed by atoms with van der Waals surface area (Å²) in [7, 11) is 0. The van der Waals surface area contributed by atoms with Crippen LogP contribution in [0.15, 0.2) is 10.8 Å². The Labute approximate surface area is 108 Å². The van der Waals surface area contributed by atoms with Gasteiger partial charge in [-0.3, -0.25) is 19.3 Å². The van der Waals surface area contributed by atoms with Crippen LogP contribution >= 0.6 is 11.3 Å². The molecular weight excluding hydrogens is 252 g/mol. The van der Waals surface area contributed by atoms with Gasteiger partial charge in [0.1, 0.15) is 6.04 Å². The number of imide groups is 1. The van der Waals surface area contributed by atoms with Crippen molar-refractivity contribution in [2.75, 3.05) is 6.54 Å². The Morgan fingerprint density at radius 3 is 2.44 bits per heavy atom. The van der Waals surface area contributed by atoms with Crippen molar-refractivity contribution in [2.45, 2.75) is 25.3 Å². The summed E-state index contributed by atoms with van der Waals surface area (Å²) in [5, 5.41) is 6.09. The second-order valence-electron chi connectivity index (χ2n) is 4.48. The lowest BCUT2D eigenvalue weighted by atomic mass is 10.1. The fourth-order valence-corrected chi connectivity index (χ4v) is 3.23. The van der Waals surface area contributed by atoms with Crippen LogP contribution in [0, 0.1) is 0 Å². The first-order valence-corrected chi connectivity index (χ1v) is 6.86. The Morgan fingerprint density at radius 2 is 1.78 bits per heavy atom. The minimum Gasteiger partial charge on any atom is -0.354 e. The van der Waals surface area contributed by atoms with Gasteiger partial charge in [-0.25, -0.2) is 0 Å². The number of fused-ring (bicyclic) bond motifs is 1. The zero-order valence-electron chi connectivity index (χ0n) is 9.64. The number of rotatable bonds is 1. The number of nitrogens with one attached hydrogen (secondary N) is 1. The van der Waals surface area contributed by atoms with Gasteiger partial charge >= 0.3 is 0 Å². The molecule has 1 fully saturated rings. The molecule has 6 heteroatoms. The van der Waals surface area contributed by atoms with Gasteiger partial charge in [0.25, 0.3) is 11.8 Å². The summed E-state index contributed by atoms with van der Waals surface area (Å²) in [6, 6.07) is -0.648. The fourth-order valence-electron chi connectivity index (χ4n) is 2.43. The fraction of sp³-hybridized carbons (Fsp3) is 0.417. The second kappa shape index (κ2) is 4.20. The summed E-state index contributed by atoms with van der Waals surface area (Å²) in [4.78, 5) is 37.3. The summed E-state index contributed by atoms with van der Waals surface area (Å²) in [6.07, 6.45) is 2.28. The molecule has 0 aromatic carbocycles. The lowest BCUT2D eigenvalue weighted by molar-refractivity contribution is -0.124. The quantitative estimate of drug-likeness (QED) is 0.770. The molecule has 3 amide bonds. The molecule has 2 aliphatic rings. The molecule has 0 bridgehead atoms. The Hall–Kier alpha value is -1.69. The van der Waals surface area contributed by atoms with E-state index in [9.17, 15) is 14.4 Å². The third-order valence-corrected chi connectivity index (χ3v) is 4.12. The minimum absolute atomic E-state index is 0.219. The van der Waals surface area contributed by atoms with E-state index in [1.54, 1.807) is 10.8 Å². The Morgan fingerprint density at radius 1 is 1.11 bits per heavy atom. The van der Waals surface area contributed by atoms with E-state index in [1.807, 2.05) is 0 Å². The zero-order valence-corrected chi connectivity index (χ0v) is 10.5. The van der Waals surface area contributed by atoms with E-state index in [-0.39, 0.29) is 17.7 Å². The molecule has 0 saturated carbocycles. The Balaban J connectivity index is 1.94. The minimum atomic E-state index is -0.648. The smallest absolute Gasteiger partial charge is 0.263 e. The van der Waals surface area contributed by atoms with Gasteiger partial charge in [-0.05, 0) is 19.3 Å². The lowest BCUT2D eigenvalue weighted by Crippen LogP contribution is -2.48. The zero-order chi connectivity index (χ0) is 12.7. The van der Waals surface area contributed by atoms with E-state index in [0.29, 0.717) is 24.1 Å². The average Bonchev–Trinajstić information content (AvgIpc) is 2.84. The molecule has 1 N–H and O–H groups in total. The summed E-state index contributed by atoms with van der Waals surface area (Å²) in [6.45, 7) is 0.618. The van der Waals surface area contributed by atoms with E-state index < -0.39 is 6.04 Å². The summed E-state index contributed by atoms with van der Waals surface area (Å²) < 4.78 is 0. The molecule has 0 spiro atoms. The van der Waals surface area contributed by atoms with Gasteiger partial charge in [0.05, 0.1) is 11.1 Å². The lowest BCUT2D eigenvalue weighted by Gasteiger charge is -2.23. The summed E-state index contributed by atoms with van der Waals surface area (Å²) >= 11 is 1.33. The van der Waals surface area contributed by atoms with Gasteiger partial charge in [0.15, 0.2) is 0 Å². The highest BCUT2D eigenvalue weighted by atomic mass is 32.1. The van der Waals surface area contributed by atoms with Crippen LogP contribution in [0.4, 0.5) is 0 Å². The number of carbonyl (C=O) groups is 3. The number of hydrogen-bond donors (Lipinski definition) is 1. The molecule has 0 radical (unpaired) electrons. The van der Waals surface area contributed by atoms with Crippen LogP contribution in [-0.2, 0) is 4.79 Å². The van der Waals surface area contributed by atoms with E-state index in [2.05, 4.69) is 5.32 Å². The molecular formula is C12H12N2O3S. The van der Waals surface area contributed by atoms with Crippen LogP contribution in [0.25, 0.3) is 0 Å². The summed E-state index contributed by atoms with van der Waals surface area (Å²) in [5.74, 6) is -0.889. The predicted octanol–water partition coefficient (Wildman–Crippen LogP) is 1.01. The molecule has 1 saturated heterocycles. The molecule has 1 atom stereocenters. The molecule has 0 aliphatic carbocycles. The van der Waals surface area contributed by atoms with Crippen molar-refractivity contribution in [1.82, 2.24) is 10.2 Å². The number of nitrogens with zero attached hydrogens (tertiary/aromatic N) is 1. The van der Waals surface area contributed by atoms with E-state index in [0.717, 1.165) is 17.7 Å². The maximum absolute atomic E-state index is 12.2. The van der Waals surface area contributed by atoms with E-state index in [1.165, 1.54) is 11.3 Å². The number of amides is 3. The van der Waals surface area contributed by atoms with Crippen molar-refractivity contribution in [3.05, 3.63) is 21.9 Å². The Bertz CT molecular complexity index is 507. The standard InChI is InChI=1S/C12H12N2O3S/c15-10-9(3-1-2-4-13-10)14-11(16)7-5-18-6-8(7)12(14)17/h5-6,9H,1-4H2,(H,13,15)/t9-/m0/s1. The maximum atomic E-state index is 12.2. The Kier molecular flexibility index (Phi) is 2.66. The molecule has 2 aliphatic heterocycles. The maximum Gasteiger partial charge on any atom is 0.263 e. The molecule has 1 aromatic heterocycles. The number of thiophene rings is 1. The van der Waals surface area contributed by atoms with Gasteiger partial charge in [-0.15, -0.1) is 0 Å². The largest absolute Gasteiger partial charge is 0.354 e. The van der Waals surface area contributed by atoms with Crippen LogP contribution in [0.1, 0.15) is 40.0 Å². The van der Waals surface area contributed by atoms with Gasteiger partial charge in [0.2, 0.25) is 5.91 Å². The molecule has 0 unspecified atom stereocenters. The van der Waals surface area contributed by atoms with Crippen LogP contribution in [0.3, 0.4) is 0 Å². The van der Waals surface area contributed by atoms with Crippen molar-refractivity contribution in [2.24, 2.45) is 0 Å². The monoisotopic (exact) mass is 264 g/mol. The normalized spacial score (nSPS) is 23.9. The van der Waals surface area contributed by atoms with Crippen LogP contribution < -0.4 is 5.32 Å². The van der Waals surface area contributed by atoms with Crippen molar-refractivity contribution in [3.63, 3.8) is 0 Å². The van der Waals surface area contributed by atoms with E-state index >= 15 is 0 Å². The summed E-state index contributed by atoms with van der Waals surface area (Å²) in [5.41, 5.74) is 0.865. The highest BCUT2D eigenvalue weighted by Gasteiger charge is 2.43.